The summed E-state index contributed by atoms with van der Waals surface area (Å²) in [5, 5.41) is 10.3. The van der Waals surface area contributed by atoms with Crippen molar-refractivity contribution in [2.45, 2.75) is 0 Å². The fraction of sp³-hybridized carbons (Fsp3) is 0. The predicted molar refractivity (Wildman–Crippen MR) is 123 cm³/mol. The first kappa shape index (κ1) is 15.4. The maximum atomic E-state index is 4.64. The summed E-state index contributed by atoms with van der Waals surface area (Å²) < 4.78 is 0. The number of hydrogen-bond donors (Lipinski definition) is 0. The molecule has 0 aliphatic carbocycles. The normalized spacial score (nSPS) is 13.3. The lowest BCUT2D eigenvalue weighted by atomic mass is 9.92. The van der Waals surface area contributed by atoms with Crippen molar-refractivity contribution in [3.8, 4) is 0 Å². The number of aliphatic imine (C=N–C) groups is 1. The lowest BCUT2D eigenvalue weighted by Gasteiger charge is -2.13. The summed E-state index contributed by atoms with van der Waals surface area (Å²) in [5.41, 5.74) is 2.20. The summed E-state index contributed by atoms with van der Waals surface area (Å²) in [4.78, 5) is 4.64. The van der Waals surface area contributed by atoms with Gasteiger partial charge >= 0.3 is 0 Å². The zero-order chi connectivity index (χ0) is 18.5. The van der Waals surface area contributed by atoms with Gasteiger partial charge in [-0.2, -0.15) is 0 Å². The monoisotopic (exact) mass is 355 g/mol. The number of benzene rings is 5. The van der Waals surface area contributed by atoms with Crippen molar-refractivity contribution >= 4 is 61.1 Å². The number of rotatable bonds is 0. The Morgan fingerprint density at radius 1 is 0.500 bits per heavy atom. The second-order valence-electron chi connectivity index (χ2n) is 7.23. The second kappa shape index (κ2) is 5.90. The Bertz CT molecular complexity index is 1500. The van der Waals surface area contributed by atoms with Crippen LogP contribution in [0.4, 0.5) is 5.69 Å². The topological polar surface area (TPSA) is 12.4 Å². The van der Waals surface area contributed by atoms with Crippen LogP contribution in [0.5, 0.6) is 0 Å². The van der Waals surface area contributed by atoms with E-state index in [1.54, 1.807) is 0 Å². The fourth-order valence-electron chi connectivity index (χ4n) is 4.42. The maximum Gasteiger partial charge on any atom is 0.0708 e. The van der Waals surface area contributed by atoms with Gasteiger partial charge in [-0.05, 0) is 55.2 Å². The lowest BCUT2D eigenvalue weighted by Crippen LogP contribution is -1.87. The molecule has 0 aromatic heterocycles. The van der Waals surface area contributed by atoms with Gasteiger partial charge in [-0.15, -0.1) is 0 Å². The average molecular weight is 355 g/mol. The number of allylic oxidation sites excluding steroid dienone is 3. The summed E-state index contributed by atoms with van der Waals surface area (Å²) in [6, 6.07) is 26.4. The van der Waals surface area contributed by atoms with E-state index in [0.29, 0.717) is 0 Å². The minimum absolute atomic E-state index is 1.01. The molecule has 130 valence electrons. The number of fused-ring (bicyclic) bond motifs is 9. The predicted octanol–water partition coefficient (Wildman–Crippen LogP) is 7.58. The van der Waals surface area contributed by atoms with Gasteiger partial charge in [0.1, 0.15) is 0 Å². The van der Waals surface area contributed by atoms with Crippen LogP contribution in [-0.2, 0) is 0 Å². The fourth-order valence-corrected chi connectivity index (χ4v) is 4.42. The Kier molecular flexibility index (Phi) is 3.24. The van der Waals surface area contributed by atoms with Crippen molar-refractivity contribution in [1.82, 2.24) is 0 Å². The minimum atomic E-state index is 1.01. The molecule has 1 heteroatoms. The standard InChI is InChI=1S/C27H17N/c1-2-8-25-26(28-17-5-1)16-11-19-10-13-23-22-12-9-18-6-3-4-7-20(18)21(22)14-15-24(23)27(19)25/h1-17H. The van der Waals surface area contributed by atoms with E-state index in [1.807, 2.05) is 18.4 Å². The molecule has 6 rings (SSSR count). The third-order valence-electron chi connectivity index (χ3n) is 5.71. The number of nitrogens with zero attached hydrogens (tertiary/aromatic N) is 1. The molecule has 1 heterocycles. The zero-order valence-corrected chi connectivity index (χ0v) is 15.3. The van der Waals surface area contributed by atoms with Gasteiger partial charge in [-0.25, -0.2) is 0 Å². The van der Waals surface area contributed by atoms with Crippen LogP contribution >= 0.6 is 0 Å². The summed E-state index contributed by atoms with van der Waals surface area (Å²) in [5.74, 6) is 0. The van der Waals surface area contributed by atoms with Crippen molar-refractivity contribution < 1.29 is 0 Å². The molecule has 5 aromatic carbocycles. The molecule has 1 nitrogen and oxygen atoms in total. The molecule has 1 aliphatic heterocycles. The van der Waals surface area contributed by atoms with Gasteiger partial charge in [0.2, 0.25) is 0 Å². The maximum absolute atomic E-state index is 4.64. The molecular formula is C27H17N. The first-order valence-electron chi connectivity index (χ1n) is 9.57. The lowest BCUT2D eigenvalue weighted by molar-refractivity contribution is 1.55. The van der Waals surface area contributed by atoms with E-state index < -0.39 is 0 Å². The second-order valence-corrected chi connectivity index (χ2v) is 7.23. The third kappa shape index (κ3) is 2.17. The Hall–Kier alpha value is -3.71. The molecule has 0 atom stereocenters. The summed E-state index contributed by atoms with van der Waals surface area (Å²) in [6.45, 7) is 0. The van der Waals surface area contributed by atoms with Gasteiger partial charge in [0.05, 0.1) is 5.69 Å². The van der Waals surface area contributed by atoms with Crippen molar-refractivity contribution in [2.75, 3.05) is 0 Å². The van der Waals surface area contributed by atoms with Crippen molar-refractivity contribution in [3.63, 3.8) is 0 Å². The van der Waals surface area contributed by atoms with Crippen LogP contribution in [0.3, 0.4) is 0 Å². The zero-order valence-electron chi connectivity index (χ0n) is 15.3. The molecule has 0 saturated heterocycles. The molecule has 1 aliphatic rings. The van der Waals surface area contributed by atoms with Gasteiger partial charge in [0.25, 0.3) is 0 Å². The third-order valence-corrected chi connectivity index (χ3v) is 5.71. The van der Waals surface area contributed by atoms with Crippen molar-refractivity contribution in [1.29, 1.82) is 0 Å². The Balaban J connectivity index is 1.80. The molecule has 0 fully saturated rings. The van der Waals surface area contributed by atoms with Crippen LogP contribution in [0, 0.1) is 0 Å². The molecule has 0 saturated carbocycles. The van der Waals surface area contributed by atoms with Gasteiger partial charge in [0, 0.05) is 11.8 Å². The Labute approximate surface area is 162 Å². The highest BCUT2D eigenvalue weighted by atomic mass is 14.7. The molecule has 0 spiro atoms. The van der Waals surface area contributed by atoms with Crippen LogP contribution in [0.15, 0.2) is 96.0 Å². The first-order chi connectivity index (χ1) is 13.9. The molecule has 0 radical (unpaired) electrons. The van der Waals surface area contributed by atoms with Crippen LogP contribution in [0.1, 0.15) is 5.56 Å². The highest BCUT2D eigenvalue weighted by Crippen LogP contribution is 2.39. The van der Waals surface area contributed by atoms with E-state index in [9.17, 15) is 0 Å². The molecule has 0 unspecified atom stereocenters. The van der Waals surface area contributed by atoms with E-state index in [2.05, 4.69) is 89.9 Å². The van der Waals surface area contributed by atoms with Crippen LogP contribution in [0.2, 0.25) is 0 Å². The van der Waals surface area contributed by atoms with Crippen LogP contribution < -0.4 is 0 Å². The van der Waals surface area contributed by atoms with E-state index in [4.69, 9.17) is 0 Å². The quantitative estimate of drug-likeness (QED) is 0.254. The van der Waals surface area contributed by atoms with Crippen molar-refractivity contribution in [3.05, 3.63) is 96.6 Å². The van der Waals surface area contributed by atoms with Gasteiger partial charge in [-0.1, -0.05) is 85.0 Å². The average Bonchev–Trinajstić information content (AvgIpc) is 2.73. The molecule has 0 N–H and O–H groups in total. The summed E-state index contributed by atoms with van der Waals surface area (Å²) in [6.07, 6.45) is 10.1. The SMILES string of the molecule is C1=CC=Nc2ccc3ccc4c5ccc6ccccc6c5ccc4c3c2C=C1. The van der Waals surface area contributed by atoms with Gasteiger partial charge < -0.3 is 0 Å². The molecule has 0 amide bonds. The summed E-state index contributed by atoms with van der Waals surface area (Å²) >= 11 is 0. The molecule has 0 bridgehead atoms. The highest BCUT2D eigenvalue weighted by Gasteiger charge is 2.11. The van der Waals surface area contributed by atoms with E-state index >= 15 is 0 Å². The van der Waals surface area contributed by atoms with E-state index in [-0.39, 0.29) is 0 Å². The smallest absolute Gasteiger partial charge is 0.0708 e. The van der Waals surface area contributed by atoms with Gasteiger partial charge in [-0.3, -0.25) is 4.99 Å². The first-order valence-corrected chi connectivity index (χ1v) is 9.57. The van der Waals surface area contributed by atoms with Crippen molar-refractivity contribution in [2.24, 2.45) is 4.99 Å². The highest BCUT2D eigenvalue weighted by molar-refractivity contribution is 6.23. The van der Waals surface area contributed by atoms with Crippen LogP contribution in [0.25, 0.3) is 49.2 Å². The molecule has 28 heavy (non-hydrogen) atoms. The van der Waals surface area contributed by atoms with E-state index in [0.717, 1.165) is 5.69 Å². The van der Waals surface area contributed by atoms with Crippen LogP contribution in [-0.4, -0.2) is 6.21 Å². The Morgan fingerprint density at radius 3 is 2.18 bits per heavy atom. The number of hydrogen-bond acceptors (Lipinski definition) is 1. The largest absolute Gasteiger partial charge is 0.256 e. The van der Waals surface area contributed by atoms with Gasteiger partial charge in [0.15, 0.2) is 0 Å². The summed E-state index contributed by atoms with van der Waals surface area (Å²) in [7, 11) is 0. The molecule has 5 aromatic rings. The van der Waals surface area contributed by atoms with E-state index in [1.165, 1.54) is 48.7 Å². The minimum Gasteiger partial charge on any atom is -0.256 e. The molecular weight excluding hydrogens is 338 g/mol. The Morgan fingerprint density at radius 2 is 1.21 bits per heavy atom.